The summed E-state index contributed by atoms with van der Waals surface area (Å²) in [6, 6.07) is 87.6. The molecular weight excluding hydrogens is 759 g/mol. The lowest BCUT2D eigenvalue weighted by atomic mass is 9.55. The largest absolute Gasteiger partial charge is 0.310 e. The smallest absolute Gasteiger partial charge is 0.0719 e. The molecular formula is C62H45N. The van der Waals surface area contributed by atoms with Crippen LogP contribution in [0.25, 0.3) is 55.3 Å². The summed E-state index contributed by atoms with van der Waals surface area (Å²) < 4.78 is 0. The van der Waals surface area contributed by atoms with Gasteiger partial charge >= 0.3 is 0 Å². The van der Waals surface area contributed by atoms with Crippen LogP contribution in [0.15, 0.2) is 237 Å². The van der Waals surface area contributed by atoms with Crippen molar-refractivity contribution < 1.29 is 0 Å². The van der Waals surface area contributed by atoms with E-state index in [-0.39, 0.29) is 5.41 Å². The molecule has 0 saturated heterocycles. The molecule has 10 aromatic rings. The predicted octanol–water partition coefficient (Wildman–Crippen LogP) is 16.3. The lowest BCUT2D eigenvalue weighted by Gasteiger charge is -2.46. The molecule has 0 radical (unpaired) electrons. The molecule has 63 heavy (non-hydrogen) atoms. The summed E-state index contributed by atoms with van der Waals surface area (Å²) in [6.07, 6.45) is 0. The summed E-state index contributed by atoms with van der Waals surface area (Å²) in [6.45, 7) is 4.78. The van der Waals surface area contributed by atoms with E-state index in [1.807, 2.05) is 0 Å². The molecule has 0 aromatic heterocycles. The van der Waals surface area contributed by atoms with E-state index < -0.39 is 5.41 Å². The molecule has 2 aliphatic carbocycles. The fourth-order valence-corrected chi connectivity index (χ4v) is 11.1. The van der Waals surface area contributed by atoms with E-state index in [1.54, 1.807) is 0 Å². The van der Waals surface area contributed by atoms with Gasteiger partial charge in [-0.15, -0.1) is 0 Å². The molecule has 298 valence electrons. The van der Waals surface area contributed by atoms with Gasteiger partial charge in [-0.05, 0) is 119 Å². The van der Waals surface area contributed by atoms with Crippen LogP contribution in [0.2, 0.25) is 0 Å². The van der Waals surface area contributed by atoms with Gasteiger partial charge in [0.2, 0.25) is 0 Å². The highest BCUT2D eigenvalue weighted by Gasteiger charge is 2.53. The van der Waals surface area contributed by atoms with Crippen LogP contribution in [0, 0.1) is 0 Å². The molecule has 0 saturated carbocycles. The second-order valence-electron chi connectivity index (χ2n) is 17.6. The molecule has 10 aromatic carbocycles. The van der Waals surface area contributed by atoms with Crippen LogP contribution in [0.3, 0.4) is 0 Å². The Morgan fingerprint density at radius 2 is 0.778 bits per heavy atom. The fourth-order valence-electron chi connectivity index (χ4n) is 11.1. The van der Waals surface area contributed by atoms with Gasteiger partial charge in [-0.1, -0.05) is 214 Å². The van der Waals surface area contributed by atoms with Crippen molar-refractivity contribution in [2.75, 3.05) is 4.90 Å². The summed E-state index contributed by atoms with van der Waals surface area (Å²) in [4.78, 5) is 2.41. The van der Waals surface area contributed by atoms with Crippen molar-refractivity contribution in [3.05, 3.63) is 270 Å². The highest BCUT2D eigenvalue weighted by molar-refractivity contribution is 6.00. The van der Waals surface area contributed by atoms with Crippen LogP contribution in [0.5, 0.6) is 0 Å². The average Bonchev–Trinajstić information content (AvgIpc) is 3.65. The van der Waals surface area contributed by atoms with Crippen LogP contribution in [-0.2, 0) is 10.8 Å². The van der Waals surface area contributed by atoms with E-state index in [0.29, 0.717) is 0 Å². The Kier molecular flexibility index (Phi) is 8.49. The minimum atomic E-state index is -0.421. The topological polar surface area (TPSA) is 3.24 Å². The Morgan fingerprint density at radius 1 is 0.302 bits per heavy atom. The third-order valence-electron chi connectivity index (χ3n) is 13.9. The van der Waals surface area contributed by atoms with E-state index in [2.05, 4.69) is 255 Å². The van der Waals surface area contributed by atoms with Crippen LogP contribution in [-0.4, -0.2) is 0 Å². The predicted molar refractivity (Wildman–Crippen MR) is 264 cm³/mol. The average molecular weight is 804 g/mol. The molecule has 0 N–H and O–H groups in total. The summed E-state index contributed by atoms with van der Waals surface area (Å²) in [5.41, 5.74) is 21.0. The lowest BCUT2D eigenvalue weighted by Crippen LogP contribution is -2.40. The van der Waals surface area contributed by atoms with Crippen molar-refractivity contribution in [2.24, 2.45) is 0 Å². The lowest BCUT2D eigenvalue weighted by molar-refractivity contribution is 0.563. The molecule has 1 spiro atoms. The van der Waals surface area contributed by atoms with Gasteiger partial charge in [0.1, 0.15) is 0 Å². The van der Waals surface area contributed by atoms with E-state index in [1.165, 1.54) is 88.7 Å². The molecule has 1 heteroatoms. The zero-order valence-electron chi connectivity index (χ0n) is 35.5. The first-order valence-corrected chi connectivity index (χ1v) is 22.1. The third-order valence-corrected chi connectivity index (χ3v) is 13.9. The zero-order chi connectivity index (χ0) is 42.1. The third kappa shape index (κ3) is 5.63. The van der Waals surface area contributed by atoms with Crippen molar-refractivity contribution >= 4 is 27.8 Å². The number of hydrogen-bond donors (Lipinski definition) is 0. The number of fused-ring (bicyclic) bond motifs is 10. The first-order valence-electron chi connectivity index (χ1n) is 22.1. The van der Waals surface area contributed by atoms with E-state index >= 15 is 0 Å². The molecule has 0 aliphatic heterocycles. The number of benzene rings is 10. The number of rotatable bonds is 6. The van der Waals surface area contributed by atoms with Gasteiger partial charge in [-0.2, -0.15) is 0 Å². The van der Waals surface area contributed by atoms with Gasteiger partial charge in [0, 0.05) is 22.4 Å². The van der Waals surface area contributed by atoms with Gasteiger partial charge in [-0.3, -0.25) is 0 Å². The Bertz CT molecular complexity index is 3310. The maximum absolute atomic E-state index is 2.41. The van der Waals surface area contributed by atoms with Gasteiger partial charge in [0.25, 0.3) is 0 Å². The second-order valence-corrected chi connectivity index (χ2v) is 17.6. The van der Waals surface area contributed by atoms with Crippen molar-refractivity contribution in [3.63, 3.8) is 0 Å². The summed E-state index contributed by atoms with van der Waals surface area (Å²) in [5.74, 6) is 0. The van der Waals surface area contributed by atoms with Gasteiger partial charge in [0.15, 0.2) is 0 Å². The van der Waals surface area contributed by atoms with Crippen LogP contribution < -0.4 is 4.90 Å². The van der Waals surface area contributed by atoms with Crippen LogP contribution in [0.4, 0.5) is 17.1 Å². The summed E-state index contributed by atoms with van der Waals surface area (Å²) in [7, 11) is 0. The first-order chi connectivity index (χ1) is 31.0. The van der Waals surface area contributed by atoms with Crippen molar-refractivity contribution in [2.45, 2.75) is 24.7 Å². The van der Waals surface area contributed by atoms with Crippen molar-refractivity contribution in [3.8, 4) is 44.5 Å². The molecule has 1 nitrogen and oxygen atoms in total. The monoisotopic (exact) mass is 803 g/mol. The van der Waals surface area contributed by atoms with Crippen molar-refractivity contribution in [1.82, 2.24) is 0 Å². The maximum Gasteiger partial charge on any atom is 0.0719 e. The number of anilines is 3. The molecule has 0 amide bonds. The molecule has 0 bridgehead atoms. The Balaban J connectivity index is 1.01. The van der Waals surface area contributed by atoms with E-state index in [0.717, 1.165) is 17.1 Å². The standard InChI is InChI=1S/C62H45N/c1-61(2)54-26-12-14-28-56(54)62(57-29-15-13-27-55(57)61)53-25-11-9-23-52(53)60-51(24-17-30-58(60)62)47-33-32-46-41-49(39-36-45(46)40-47)63(48-37-34-43(35-38-48)42-18-5-3-6-19-42)59-31-16-10-22-50(59)44-20-7-4-8-21-44/h3-41H,1-2H3. The van der Waals surface area contributed by atoms with E-state index in [4.69, 9.17) is 0 Å². The van der Waals surface area contributed by atoms with Gasteiger partial charge in [0.05, 0.1) is 11.1 Å². The molecule has 0 fully saturated rings. The normalized spacial score (nSPS) is 13.8. The van der Waals surface area contributed by atoms with Gasteiger partial charge in [-0.25, -0.2) is 0 Å². The highest BCUT2D eigenvalue weighted by Crippen LogP contribution is 2.63. The number of nitrogens with zero attached hydrogens (tertiary/aromatic N) is 1. The maximum atomic E-state index is 2.41. The molecule has 0 heterocycles. The van der Waals surface area contributed by atoms with Crippen LogP contribution >= 0.6 is 0 Å². The SMILES string of the molecule is CC1(C)c2ccccc2C2(c3ccccc3-c3c(-c4ccc5cc(N(c6ccc(-c7ccccc7)cc6)c6ccccc6-c6ccccc6)ccc5c4)cccc32)c2ccccc21. The molecule has 0 unspecified atom stereocenters. The molecule has 0 atom stereocenters. The summed E-state index contributed by atoms with van der Waals surface area (Å²) in [5, 5.41) is 2.40. The van der Waals surface area contributed by atoms with Gasteiger partial charge < -0.3 is 4.90 Å². The minimum Gasteiger partial charge on any atom is -0.310 e. The highest BCUT2D eigenvalue weighted by atomic mass is 15.1. The zero-order valence-corrected chi connectivity index (χ0v) is 35.5. The Morgan fingerprint density at radius 3 is 1.48 bits per heavy atom. The first kappa shape index (κ1) is 37.1. The van der Waals surface area contributed by atoms with E-state index in [9.17, 15) is 0 Å². The molecule has 2 aliphatic rings. The number of para-hydroxylation sites is 1. The quantitative estimate of drug-likeness (QED) is 0.162. The number of hydrogen-bond acceptors (Lipinski definition) is 1. The van der Waals surface area contributed by atoms with Crippen molar-refractivity contribution in [1.29, 1.82) is 0 Å². The Hall–Kier alpha value is -7.74. The molecule has 12 rings (SSSR count). The van der Waals surface area contributed by atoms with Crippen LogP contribution in [0.1, 0.15) is 47.2 Å². The second kappa shape index (κ2) is 14.4. The minimum absolute atomic E-state index is 0.129. The summed E-state index contributed by atoms with van der Waals surface area (Å²) >= 11 is 0. The fraction of sp³-hybridized carbons (Fsp3) is 0.0645. The Labute approximate surface area is 370 Å².